The van der Waals surface area contributed by atoms with E-state index in [1.54, 1.807) is 0 Å². The van der Waals surface area contributed by atoms with Crippen molar-refractivity contribution in [3.8, 4) is 0 Å². The van der Waals surface area contributed by atoms with Crippen LogP contribution in [0.2, 0.25) is 0 Å². The molecule has 4 heteroatoms. The van der Waals surface area contributed by atoms with Crippen LogP contribution in [-0.2, 0) is 19.5 Å². The molecule has 0 heterocycles. The maximum absolute atomic E-state index is 0. The van der Waals surface area contributed by atoms with Crippen LogP contribution in [-0.4, -0.2) is 0 Å². The summed E-state index contributed by atoms with van der Waals surface area (Å²) in [6.07, 6.45) is 0. The SMILES string of the molecule is Cl.F.[H-].[Na+].[Zn]. The Morgan fingerprint density at radius 1 is 1.25 bits per heavy atom. The van der Waals surface area contributed by atoms with Crippen LogP contribution in [0.25, 0.3) is 0 Å². The van der Waals surface area contributed by atoms with E-state index < -0.39 is 0 Å². The average molecular weight is 146 g/mol. The third-order valence-corrected chi connectivity index (χ3v) is 0. The second-order valence-electron chi connectivity index (χ2n) is 0. The van der Waals surface area contributed by atoms with E-state index in [1.807, 2.05) is 0 Å². The van der Waals surface area contributed by atoms with Gasteiger partial charge in [-0.15, -0.1) is 12.4 Å². The van der Waals surface area contributed by atoms with Gasteiger partial charge >= 0.3 is 29.6 Å². The molecule has 0 rings (SSSR count). The smallest absolute Gasteiger partial charge is 1.00 e. The van der Waals surface area contributed by atoms with Gasteiger partial charge < -0.3 is 1.43 Å². The fourth-order valence-electron chi connectivity index (χ4n) is 0. The van der Waals surface area contributed by atoms with E-state index in [-0.39, 0.29) is 67.6 Å². The van der Waals surface area contributed by atoms with Crippen LogP contribution in [0.15, 0.2) is 0 Å². The normalized spacial score (nSPS) is 0. The molecule has 0 amide bonds. The molecule has 0 spiro atoms. The zero-order valence-electron chi connectivity index (χ0n) is 3.52. The van der Waals surface area contributed by atoms with Gasteiger partial charge in [-0.1, -0.05) is 0 Å². The summed E-state index contributed by atoms with van der Waals surface area (Å²) >= 11 is 0. The predicted octanol–water partition coefficient (Wildman–Crippen LogP) is -2.31. The molecule has 0 aliphatic carbocycles. The number of hydrogen-bond donors (Lipinski definition) is 0. The quantitative estimate of drug-likeness (QED) is 0.337. The largest absolute Gasteiger partial charge is 1.00 e. The van der Waals surface area contributed by atoms with Gasteiger partial charge in [-0.05, 0) is 0 Å². The molecular weight excluding hydrogens is 143 g/mol. The fourth-order valence-corrected chi connectivity index (χ4v) is 0. The van der Waals surface area contributed by atoms with Crippen molar-refractivity contribution in [2.24, 2.45) is 0 Å². The Labute approximate surface area is 67.0 Å². The average Bonchev–Trinajstić information content (AvgIpc) is 0. The van der Waals surface area contributed by atoms with Crippen molar-refractivity contribution in [1.82, 2.24) is 0 Å². The third kappa shape index (κ3) is 9.14. The van der Waals surface area contributed by atoms with Crippen molar-refractivity contribution in [3.05, 3.63) is 0 Å². The molecule has 0 saturated heterocycles. The van der Waals surface area contributed by atoms with Crippen LogP contribution in [0, 0.1) is 0 Å². The molecule has 0 nitrogen and oxygen atoms in total. The van der Waals surface area contributed by atoms with E-state index in [0.717, 1.165) is 0 Å². The van der Waals surface area contributed by atoms with Crippen LogP contribution in [0.5, 0.6) is 0 Å². The Morgan fingerprint density at radius 3 is 1.25 bits per heavy atom. The minimum atomic E-state index is 0. The van der Waals surface area contributed by atoms with Crippen LogP contribution >= 0.6 is 12.4 Å². The monoisotopic (exact) mass is 144 g/mol. The maximum atomic E-state index is 0. The molecule has 0 bridgehead atoms. The molecule has 0 saturated carbocycles. The molecule has 0 atom stereocenters. The maximum Gasteiger partial charge on any atom is 1.00 e. The molecule has 0 aromatic carbocycles. The van der Waals surface area contributed by atoms with Gasteiger partial charge in [-0.3, -0.25) is 4.70 Å². The zero-order chi connectivity index (χ0) is 0. The van der Waals surface area contributed by atoms with Crippen molar-refractivity contribution < 1.29 is 55.2 Å². The van der Waals surface area contributed by atoms with Crippen molar-refractivity contribution in [2.45, 2.75) is 0 Å². The predicted molar refractivity (Wildman–Crippen MR) is 10.9 cm³/mol. The standard InChI is InChI=1S/ClH.FH.Na.Zn.H/h2*1H;;;/q;;+1;;-1. The fraction of sp³-hybridized carbons (Fsp3) is 0. The molecule has 0 unspecified atom stereocenters. The molecule has 4 heavy (non-hydrogen) atoms. The van der Waals surface area contributed by atoms with Gasteiger partial charge in [0.05, 0.1) is 0 Å². The first-order valence-corrected chi connectivity index (χ1v) is 0. The van der Waals surface area contributed by atoms with Crippen molar-refractivity contribution >= 4 is 12.4 Å². The van der Waals surface area contributed by atoms with Gasteiger partial charge in [-0.25, -0.2) is 0 Å². The Balaban J connectivity index is 0. The molecule has 0 aliphatic heterocycles. The van der Waals surface area contributed by atoms with E-state index >= 15 is 0 Å². The molecule has 0 aromatic heterocycles. The van der Waals surface area contributed by atoms with Gasteiger partial charge in [0.15, 0.2) is 0 Å². The van der Waals surface area contributed by atoms with Gasteiger partial charge in [0.1, 0.15) is 0 Å². The minimum Gasteiger partial charge on any atom is -1.00 e. The van der Waals surface area contributed by atoms with Gasteiger partial charge in [0.25, 0.3) is 0 Å². The van der Waals surface area contributed by atoms with E-state index in [2.05, 4.69) is 0 Å². The number of rotatable bonds is 0. The summed E-state index contributed by atoms with van der Waals surface area (Å²) in [5.41, 5.74) is 0. The van der Waals surface area contributed by atoms with E-state index in [1.165, 1.54) is 0 Å². The summed E-state index contributed by atoms with van der Waals surface area (Å²) in [4.78, 5) is 0. The van der Waals surface area contributed by atoms with Gasteiger partial charge in [0, 0.05) is 19.5 Å². The first-order chi connectivity index (χ1) is 0. The van der Waals surface area contributed by atoms with E-state index in [0.29, 0.717) is 0 Å². The van der Waals surface area contributed by atoms with Gasteiger partial charge in [0.2, 0.25) is 0 Å². The summed E-state index contributed by atoms with van der Waals surface area (Å²) in [6, 6.07) is 0. The van der Waals surface area contributed by atoms with Crippen LogP contribution < -0.4 is 29.6 Å². The van der Waals surface area contributed by atoms with Crippen molar-refractivity contribution in [3.63, 3.8) is 0 Å². The Hall–Kier alpha value is 1.84. The second kappa shape index (κ2) is 21.1. The summed E-state index contributed by atoms with van der Waals surface area (Å²) < 4.78 is 0. The summed E-state index contributed by atoms with van der Waals surface area (Å²) in [5, 5.41) is 0. The molecule has 0 aliphatic rings. The second-order valence-corrected chi connectivity index (χ2v) is 0. The topological polar surface area (TPSA) is 0 Å². The molecular formula is H3ClFNaZn. The zero-order valence-corrected chi connectivity index (χ0v) is 8.31. The van der Waals surface area contributed by atoms with Gasteiger partial charge in [-0.2, -0.15) is 0 Å². The van der Waals surface area contributed by atoms with Crippen molar-refractivity contribution in [1.29, 1.82) is 0 Å². The van der Waals surface area contributed by atoms with Crippen LogP contribution in [0.3, 0.4) is 0 Å². The molecule has 20 valence electrons. The Kier molecular flexibility index (Phi) is 212. The first kappa shape index (κ1) is 40.3. The summed E-state index contributed by atoms with van der Waals surface area (Å²) in [6.45, 7) is 0. The van der Waals surface area contributed by atoms with E-state index in [4.69, 9.17) is 0 Å². The summed E-state index contributed by atoms with van der Waals surface area (Å²) in [5.74, 6) is 0. The molecule has 0 aromatic rings. The number of halogens is 2. The first-order valence-electron chi connectivity index (χ1n) is 0. The summed E-state index contributed by atoms with van der Waals surface area (Å²) in [7, 11) is 0. The van der Waals surface area contributed by atoms with Crippen LogP contribution in [0.4, 0.5) is 4.70 Å². The molecule has 0 radical (unpaired) electrons. The Bertz CT molecular complexity index is 11.6. The third-order valence-electron chi connectivity index (χ3n) is 0. The van der Waals surface area contributed by atoms with Crippen molar-refractivity contribution in [2.75, 3.05) is 0 Å². The van der Waals surface area contributed by atoms with Crippen LogP contribution in [0.1, 0.15) is 1.43 Å². The Morgan fingerprint density at radius 2 is 1.25 bits per heavy atom. The molecule has 0 fully saturated rings. The number of hydrogen-bond acceptors (Lipinski definition) is 0. The van der Waals surface area contributed by atoms with E-state index in [9.17, 15) is 0 Å². The molecule has 0 N–H and O–H groups in total. The minimum absolute atomic E-state index is 0.